The van der Waals surface area contributed by atoms with E-state index in [1.54, 1.807) is 22.3 Å². The van der Waals surface area contributed by atoms with Gasteiger partial charge in [-0.05, 0) is 66.8 Å². The van der Waals surface area contributed by atoms with Gasteiger partial charge in [0.2, 0.25) is 0 Å². The molecule has 4 aliphatic rings. The Balaban J connectivity index is 1.78. The molecule has 4 aromatic rings. The van der Waals surface area contributed by atoms with Crippen molar-refractivity contribution < 1.29 is 0 Å². The molecule has 0 spiro atoms. The van der Waals surface area contributed by atoms with E-state index in [1.807, 2.05) is 0 Å². The first-order chi connectivity index (χ1) is 13.7. The van der Waals surface area contributed by atoms with Crippen molar-refractivity contribution in [2.75, 3.05) is 0 Å². The van der Waals surface area contributed by atoms with E-state index in [0.29, 0.717) is 0 Å². The fraction of sp³-hybridized carbons (Fsp3) is 0.143. The lowest BCUT2D eigenvalue weighted by atomic mass is 9.49. The van der Waals surface area contributed by atoms with Gasteiger partial charge in [0, 0.05) is 10.8 Å². The molecule has 0 saturated heterocycles. The summed E-state index contributed by atoms with van der Waals surface area (Å²) in [5.74, 6) is 0. The summed E-state index contributed by atoms with van der Waals surface area (Å²) >= 11 is 0. The third-order valence-electron chi connectivity index (χ3n) is 8.42. The minimum absolute atomic E-state index is 0.0203. The molecule has 4 aliphatic carbocycles. The lowest BCUT2D eigenvalue weighted by molar-refractivity contribution is 0.367. The second kappa shape index (κ2) is 3.86. The molecule has 0 nitrogen and oxygen atoms in total. The van der Waals surface area contributed by atoms with Crippen LogP contribution in [0.2, 0.25) is 0 Å². The van der Waals surface area contributed by atoms with Crippen LogP contribution in [-0.2, 0) is 10.8 Å². The fourth-order valence-electron chi connectivity index (χ4n) is 7.41. The van der Waals surface area contributed by atoms with Gasteiger partial charge in [-0.2, -0.15) is 0 Å². The maximum Gasteiger partial charge on any atom is 0.0334 e. The van der Waals surface area contributed by atoms with Crippen LogP contribution >= 0.6 is 0 Å². The van der Waals surface area contributed by atoms with Gasteiger partial charge >= 0.3 is 0 Å². The van der Waals surface area contributed by atoms with Gasteiger partial charge in [0.1, 0.15) is 0 Å². The van der Waals surface area contributed by atoms with Gasteiger partial charge in [-0.3, -0.25) is 0 Å². The van der Waals surface area contributed by atoms with Crippen LogP contribution in [0.25, 0.3) is 44.5 Å². The number of fused-ring (bicyclic) bond motifs is 4. The van der Waals surface area contributed by atoms with Crippen molar-refractivity contribution in [2.24, 2.45) is 0 Å². The summed E-state index contributed by atoms with van der Waals surface area (Å²) in [4.78, 5) is 0. The van der Waals surface area contributed by atoms with Crippen molar-refractivity contribution in [3.8, 4) is 44.5 Å². The first-order valence-electron chi connectivity index (χ1n) is 10.2. The molecule has 4 aromatic carbocycles. The quantitative estimate of drug-likeness (QED) is 0.283. The largest absolute Gasteiger partial charge is 0.0610 e. The Bertz CT molecular complexity index is 1220. The lowest BCUT2D eigenvalue weighted by Gasteiger charge is -2.52. The van der Waals surface area contributed by atoms with Crippen LogP contribution in [0.1, 0.15) is 36.1 Å². The Kier molecular flexibility index (Phi) is 1.93. The number of rotatable bonds is 0. The number of benzene rings is 4. The van der Waals surface area contributed by atoms with E-state index in [2.05, 4.69) is 86.6 Å². The molecule has 0 amide bonds. The Hall–Kier alpha value is -3.12. The Labute approximate surface area is 164 Å². The van der Waals surface area contributed by atoms with Gasteiger partial charge in [-0.25, -0.2) is 0 Å². The minimum atomic E-state index is -0.0203. The van der Waals surface area contributed by atoms with E-state index in [4.69, 9.17) is 0 Å². The van der Waals surface area contributed by atoms with E-state index in [-0.39, 0.29) is 10.8 Å². The average Bonchev–Trinajstić information content (AvgIpc) is 3.17. The molecular formula is C28H18. The van der Waals surface area contributed by atoms with Gasteiger partial charge < -0.3 is 0 Å². The standard InChI is InChI=1S/C28H18/c1-27-23-15-7-3-11-19(23)21-13-5-9-17-18-10-6-14-22(26(18)28(27,2)25(17)21)20-12-4-8-16(15)24(20)27/h3-14H,1-2H3. The van der Waals surface area contributed by atoms with Crippen molar-refractivity contribution in [1.82, 2.24) is 0 Å². The summed E-state index contributed by atoms with van der Waals surface area (Å²) in [6, 6.07) is 27.8. The molecule has 0 bridgehead atoms. The van der Waals surface area contributed by atoms with Gasteiger partial charge in [0.25, 0.3) is 0 Å². The maximum atomic E-state index is 2.52. The second-order valence-electron chi connectivity index (χ2n) is 9.16. The van der Waals surface area contributed by atoms with Crippen LogP contribution in [0, 0.1) is 0 Å². The molecule has 0 heteroatoms. The Morgan fingerprint density at radius 3 is 0.714 bits per heavy atom. The van der Waals surface area contributed by atoms with Crippen molar-refractivity contribution >= 4 is 0 Å². The van der Waals surface area contributed by atoms with Crippen molar-refractivity contribution in [3.63, 3.8) is 0 Å². The van der Waals surface area contributed by atoms with E-state index in [9.17, 15) is 0 Å². The molecular weight excluding hydrogens is 336 g/mol. The van der Waals surface area contributed by atoms with Crippen molar-refractivity contribution in [2.45, 2.75) is 24.7 Å². The Morgan fingerprint density at radius 2 is 0.536 bits per heavy atom. The molecule has 0 unspecified atom stereocenters. The van der Waals surface area contributed by atoms with Crippen molar-refractivity contribution in [3.05, 3.63) is 95.1 Å². The summed E-state index contributed by atoms with van der Waals surface area (Å²) in [6.07, 6.45) is 0. The molecule has 0 radical (unpaired) electrons. The molecule has 0 aliphatic heterocycles. The predicted octanol–water partition coefficient (Wildman–Crippen LogP) is 6.92. The highest BCUT2D eigenvalue weighted by Crippen LogP contribution is 2.74. The molecule has 28 heavy (non-hydrogen) atoms. The Morgan fingerprint density at radius 1 is 0.357 bits per heavy atom. The predicted molar refractivity (Wildman–Crippen MR) is 115 cm³/mol. The number of hydrogen-bond acceptors (Lipinski definition) is 0. The zero-order chi connectivity index (χ0) is 18.4. The molecule has 130 valence electrons. The molecule has 0 N–H and O–H groups in total. The van der Waals surface area contributed by atoms with Crippen LogP contribution in [0.4, 0.5) is 0 Å². The topological polar surface area (TPSA) is 0 Å². The zero-order valence-electron chi connectivity index (χ0n) is 15.9. The first kappa shape index (κ1) is 14.0. The highest BCUT2D eigenvalue weighted by molar-refractivity contribution is 6.06. The lowest BCUT2D eigenvalue weighted by Crippen LogP contribution is -2.49. The highest BCUT2D eigenvalue weighted by Gasteiger charge is 2.64. The molecule has 0 heterocycles. The fourth-order valence-corrected chi connectivity index (χ4v) is 7.41. The van der Waals surface area contributed by atoms with E-state index < -0.39 is 0 Å². The summed E-state index contributed by atoms with van der Waals surface area (Å²) in [6.45, 7) is 5.05. The summed E-state index contributed by atoms with van der Waals surface area (Å²) in [7, 11) is 0. The SMILES string of the molecule is CC12c3c4cccc3-c3cccc5c3C1(C)c1c-5cccc1-c1cccc-4c12. The smallest absolute Gasteiger partial charge is 0.0334 e. The van der Waals surface area contributed by atoms with Gasteiger partial charge in [-0.1, -0.05) is 86.6 Å². The molecule has 8 rings (SSSR count). The molecule has 0 aromatic heterocycles. The third-order valence-corrected chi connectivity index (χ3v) is 8.42. The molecule has 0 atom stereocenters. The second-order valence-corrected chi connectivity index (χ2v) is 9.16. The summed E-state index contributed by atoms with van der Waals surface area (Å²) in [5.41, 5.74) is 17.7. The summed E-state index contributed by atoms with van der Waals surface area (Å²) < 4.78 is 0. The van der Waals surface area contributed by atoms with E-state index in [1.165, 1.54) is 44.5 Å². The van der Waals surface area contributed by atoms with Crippen LogP contribution in [0.5, 0.6) is 0 Å². The first-order valence-corrected chi connectivity index (χ1v) is 10.2. The van der Waals surface area contributed by atoms with Gasteiger partial charge in [-0.15, -0.1) is 0 Å². The maximum absolute atomic E-state index is 2.52. The average molecular weight is 354 g/mol. The van der Waals surface area contributed by atoms with Crippen LogP contribution < -0.4 is 0 Å². The molecule has 0 fully saturated rings. The minimum Gasteiger partial charge on any atom is -0.0610 e. The van der Waals surface area contributed by atoms with Crippen LogP contribution in [0.15, 0.2) is 72.8 Å². The van der Waals surface area contributed by atoms with Crippen LogP contribution in [-0.4, -0.2) is 0 Å². The number of hydrogen-bond donors (Lipinski definition) is 0. The van der Waals surface area contributed by atoms with Crippen molar-refractivity contribution in [1.29, 1.82) is 0 Å². The van der Waals surface area contributed by atoms with Crippen LogP contribution in [0.3, 0.4) is 0 Å². The highest BCUT2D eigenvalue weighted by atomic mass is 14.7. The van der Waals surface area contributed by atoms with E-state index >= 15 is 0 Å². The van der Waals surface area contributed by atoms with Gasteiger partial charge in [0.15, 0.2) is 0 Å². The summed E-state index contributed by atoms with van der Waals surface area (Å²) in [5, 5.41) is 0. The monoisotopic (exact) mass is 354 g/mol. The van der Waals surface area contributed by atoms with Gasteiger partial charge in [0.05, 0.1) is 0 Å². The third kappa shape index (κ3) is 1.06. The molecule has 0 saturated carbocycles. The van der Waals surface area contributed by atoms with E-state index in [0.717, 1.165) is 0 Å². The zero-order valence-corrected chi connectivity index (χ0v) is 15.9. The normalized spacial score (nSPS) is 25.1.